The first kappa shape index (κ1) is 21.5. The summed E-state index contributed by atoms with van der Waals surface area (Å²) in [6.07, 6.45) is 6.12. The topological polar surface area (TPSA) is 63.8 Å². The van der Waals surface area contributed by atoms with Gasteiger partial charge in [0.1, 0.15) is 11.0 Å². The van der Waals surface area contributed by atoms with Crippen molar-refractivity contribution in [1.29, 1.82) is 0 Å². The summed E-state index contributed by atoms with van der Waals surface area (Å²) < 4.78 is 17.9. The second kappa shape index (κ2) is 8.23. The van der Waals surface area contributed by atoms with Gasteiger partial charge in [-0.3, -0.25) is 4.98 Å². The van der Waals surface area contributed by atoms with Crippen molar-refractivity contribution in [2.24, 2.45) is 7.05 Å². The molecular formula is C25H17Cl2FN4O. The molecule has 8 heteroatoms. The van der Waals surface area contributed by atoms with Gasteiger partial charge in [-0.05, 0) is 29.3 Å². The quantitative estimate of drug-likeness (QED) is 0.333. The number of rotatable bonds is 4. The molecule has 1 atom stereocenters. The molecule has 5 aromatic rings. The summed E-state index contributed by atoms with van der Waals surface area (Å²) in [7, 11) is 1.73. The number of pyridine rings is 2. The molecule has 0 spiro atoms. The molecule has 0 aliphatic heterocycles. The van der Waals surface area contributed by atoms with E-state index in [1.807, 2.05) is 30.3 Å². The van der Waals surface area contributed by atoms with E-state index in [1.165, 1.54) is 24.7 Å². The Kier molecular flexibility index (Phi) is 5.37. The molecule has 5 nitrogen and oxygen atoms in total. The van der Waals surface area contributed by atoms with Crippen LogP contribution in [0.1, 0.15) is 16.8 Å². The van der Waals surface area contributed by atoms with Gasteiger partial charge in [0.15, 0.2) is 5.60 Å². The van der Waals surface area contributed by atoms with Gasteiger partial charge in [-0.25, -0.2) is 14.4 Å². The standard InChI is InChI=1S/C25H17Cl2FN4O/c1-32-14-30-13-19(32)25(33,16-9-11-29-12-10-16)17-7-8-18-21(23(17)28)22(26)20(24(27)31-18)15-5-3-2-4-6-15/h2-14,33H,1H3. The van der Waals surface area contributed by atoms with Crippen LogP contribution in [0.2, 0.25) is 10.2 Å². The van der Waals surface area contributed by atoms with E-state index in [0.29, 0.717) is 22.4 Å². The third kappa shape index (κ3) is 3.38. The average Bonchev–Trinajstić information content (AvgIpc) is 3.26. The van der Waals surface area contributed by atoms with E-state index in [2.05, 4.69) is 15.0 Å². The molecule has 0 radical (unpaired) electrons. The number of imidazole rings is 1. The van der Waals surface area contributed by atoms with Crippen molar-refractivity contribution in [2.75, 3.05) is 0 Å². The average molecular weight is 479 g/mol. The van der Waals surface area contributed by atoms with Crippen molar-refractivity contribution >= 4 is 34.1 Å². The Labute approximate surface area is 199 Å². The van der Waals surface area contributed by atoms with E-state index in [9.17, 15) is 5.11 Å². The molecule has 33 heavy (non-hydrogen) atoms. The highest BCUT2D eigenvalue weighted by atomic mass is 35.5. The van der Waals surface area contributed by atoms with Crippen LogP contribution in [0.5, 0.6) is 0 Å². The molecule has 1 unspecified atom stereocenters. The molecule has 2 aromatic carbocycles. The van der Waals surface area contributed by atoms with Gasteiger partial charge in [-0.1, -0.05) is 59.6 Å². The van der Waals surface area contributed by atoms with E-state index in [-0.39, 0.29) is 26.6 Å². The maximum atomic E-state index is 16.3. The summed E-state index contributed by atoms with van der Waals surface area (Å²) in [5, 5.41) is 12.4. The lowest BCUT2D eigenvalue weighted by Crippen LogP contribution is -2.32. The fraction of sp³-hybridized carbons (Fsp3) is 0.0800. The van der Waals surface area contributed by atoms with Gasteiger partial charge in [0, 0.05) is 30.6 Å². The van der Waals surface area contributed by atoms with Gasteiger partial charge >= 0.3 is 0 Å². The summed E-state index contributed by atoms with van der Waals surface area (Å²) >= 11 is 13.2. The fourth-order valence-corrected chi connectivity index (χ4v) is 4.84. The highest BCUT2D eigenvalue weighted by Gasteiger charge is 2.39. The Hall–Kier alpha value is -3.32. The third-order valence-electron chi connectivity index (χ3n) is 5.72. The molecule has 0 saturated carbocycles. The summed E-state index contributed by atoms with van der Waals surface area (Å²) in [6, 6.07) is 15.5. The van der Waals surface area contributed by atoms with Gasteiger partial charge < -0.3 is 9.67 Å². The van der Waals surface area contributed by atoms with Crippen molar-refractivity contribution in [2.45, 2.75) is 5.60 Å². The molecule has 164 valence electrons. The largest absolute Gasteiger partial charge is 0.374 e. The van der Waals surface area contributed by atoms with Crippen molar-refractivity contribution in [3.05, 3.63) is 112 Å². The number of fused-ring (bicyclic) bond motifs is 1. The third-order valence-corrected chi connectivity index (χ3v) is 6.37. The Bertz CT molecular complexity index is 1470. The summed E-state index contributed by atoms with van der Waals surface area (Å²) in [5.41, 5.74) is 0.387. The van der Waals surface area contributed by atoms with Crippen LogP contribution in [0.15, 0.2) is 79.5 Å². The summed E-state index contributed by atoms with van der Waals surface area (Å²) in [4.78, 5) is 12.5. The highest BCUT2D eigenvalue weighted by Crippen LogP contribution is 2.44. The summed E-state index contributed by atoms with van der Waals surface area (Å²) in [6.45, 7) is 0. The molecule has 0 aliphatic carbocycles. The Morgan fingerprint density at radius 1 is 0.970 bits per heavy atom. The zero-order chi connectivity index (χ0) is 23.2. The van der Waals surface area contributed by atoms with E-state index >= 15 is 4.39 Å². The minimum Gasteiger partial charge on any atom is -0.374 e. The SMILES string of the molecule is Cn1cncc1C(O)(c1ccncc1)c1ccc2nc(Cl)c(-c3ccccc3)c(Cl)c2c1F. The first-order chi connectivity index (χ1) is 15.9. The van der Waals surface area contributed by atoms with E-state index < -0.39 is 11.4 Å². The Morgan fingerprint density at radius 3 is 2.36 bits per heavy atom. The molecular weight excluding hydrogens is 462 g/mol. The van der Waals surface area contributed by atoms with Crippen LogP contribution in [0.3, 0.4) is 0 Å². The molecule has 5 rings (SSSR count). The second-order valence-corrected chi connectivity index (χ2v) is 8.35. The second-order valence-electron chi connectivity index (χ2n) is 7.61. The minimum absolute atomic E-state index is 0.00911. The van der Waals surface area contributed by atoms with Crippen LogP contribution in [0.4, 0.5) is 4.39 Å². The number of aliphatic hydroxyl groups is 1. The Morgan fingerprint density at radius 2 is 1.70 bits per heavy atom. The van der Waals surface area contributed by atoms with Crippen LogP contribution in [0.25, 0.3) is 22.0 Å². The van der Waals surface area contributed by atoms with Gasteiger partial charge in [0.05, 0.1) is 34.1 Å². The predicted molar refractivity (Wildman–Crippen MR) is 127 cm³/mol. The van der Waals surface area contributed by atoms with E-state index in [0.717, 1.165) is 0 Å². The Balaban J connectivity index is 1.84. The minimum atomic E-state index is -1.86. The molecule has 1 N–H and O–H groups in total. The molecule has 0 bridgehead atoms. The highest BCUT2D eigenvalue weighted by molar-refractivity contribution is 6.42. The van der Waals surface area contributed by atoms with Crippen LogP contribution >= 0.6 is 23.2 Å². The molecule has 0 saturated heterocycles. The fourth-order valence-electron chi connectivity index (χ4n) is 4.12. The number of aryl methyl sites for hydroxylation is 1. The van der Waals surface area contributed by atoms with Gasteiger partial charge in [-0.2, -0.15) is 0 Å². The number of aromatic nitrogens is 4. The van der Waals surface area contributed by atoms with E-state index in [4.69, 9.17) is 23.2 Å². The van der Waals surface area contributed by atoms with Crippen molar-refractivity contribution in [3.63, 3.8) is 0 Å². The van der Waals surface area contributed by atoms with Crippen LogP contribution < -0.4 is 0 Å². The lowest BCUT2D eigenvalue weighted by Gasteiger charge is -2.30. The van der Waals surface area contributed by atoms with Crippen molar-refractivity contribution < 1.29 is 9.50 Å². The number of hydrogen-bond acceptors (Lipinski definition) is 4. The maximum absolute atomic E-state index is 16.3. The number of benzene rings is 2. The molecule has 3 heterocycles. The monoisotopic (exact) mass is 478 g/mol. The van der Waals surface area contributed by atoms with Gasteiger partial charge in [0.2, 0.25) is 0 Å². The van der Waals surface area contributed by atoms with Gasteiger partial charge in [0.25, 0.3) is 0 Å². The number of hydrogen-bond donors (Lipinski definition) is 1. The number of nitrogens with zero attached hydrogens (tertiary/aromatic N) is 4. The first-order valence-corrected chi connectivity index (χ1v) is 10.8. The van der Waals surface area contributed by atoms with Crippen molar-refractivity contribution in [1.82, 2.24) is 19.5 Å². The first-order valence-electron chi connectivity index (χ1n) is 10.1. The normalized spacial score (nSPS) is 13.2. The lowest BCUT2D eigenvalue weighted by atomic mass is 9.83. The zero-order valence-corrected chi connectivity index (χ0v) is 18.9. The molecule has 0 aliphatic rings. The van der Waals surface area contributed by atoms with Crippen LogP contribution in [-0.4, -0.2) is 24.6 Å². The smallest absolute Gasteiger partial charge is 0.159 e. The van der Waals surface area contributed by atoms with Crippen molar-refractivity contribution in [3.8, 4) is 11.1 Å². The molecule has 0 fully saturated rings. The number of halogens is 3. The summed E-state index contributed by atoms with van der Waals surface area (Å²) in [5.74, 6) is -0.695. The predicted octanol–water partition coefficient (Wildman–Crippen LogP) is 5.76. The zero-order valence-electron chi connectivity index (χ0n) is 17.4. The van der Waals surface area contributed by atoms with E-state index in [1.54, 1.807) is 36.1 Å². The van der Waals surface area contributed by atoms with Crippen LogP contribution in [-0.2, 0) is 12.6 Å². The van der Waals surface area contributed by atoms with Gasteiger partial charge in [-0.15, -0.1) is 0 Å². The van der Waals surface area contributed by atoms with Crippen LogP contribution in [0, 0.1) is 5.82 Å². The molecule has 0 amide bonds. The maximum Gasteiger partial charge on any atom is 0.159 e. The lowest BCUT2D eigenvalue weighted by molar-refractivity contribution is 0.113. The molecule has 3 aromatic heterocycles.